The number of benzene rings is 2. The number of nitriles is 1. The van der Waals surface area contributed by atoms with E-state index in [4.69, 9.17) is 14.7 Å². The Morgan fingerprint density at radius 3 is 2.59 bits per heavy atom. The summed E-state index contributed by atoms with van der Waals surface area (Å²) >= 11 is 0. The van der Waals surface area contributed by atoms with Crippen LogP contribution in [-0.4, -0.2) is 31.0 Å². The number of hydrogen-bond donors (Lipinski definition) is 1. The summed E-state index contributed by atoms with van der Waals surface area (Å²) < 4.78 is 10.3. The van der Waals surface area contributed by atoms with Crippen molar-refractivity contribution in [3.8, 4) is 11.8 Å². The average molecular weight is 391 g/mol. The van der Waals surface area contributed by atoms with Crippen molar-refractivity contribution in [2.24, 2.45) is 0 Å². The Balaban J connectivity index is 1.84. The first-order valence-electron chi connectivity index (χ1n) is 8.78. The molecule has 1 aliphatic rings. The van der Waals surface area contributed by atoms with Crippen molar-refractivity contribution >= 4 is 29.5 Å². The Morgan fingerprint density at radius 2 is 1.90 bits per heavy atom. The van der Waals surface area contributed by atoms with Crippen LogP contribution in [0.5, 0.6) is 5.75 Å². The molecule has 0 radical (unpaired) electrons. The number of carbonyl (C=O) groups excluding carboxylic acids is 3. The smallest absolute Gasteiger partial charge is 0.338 e. The van der Waals surface area contributed by atoms with Gasteiger partial charge in [0.25, 0.3) is 11.8 Å². The summed E-state index contributed by atoms with van der Waals surface area (Å²) in [6.45, 7) is 1.82. The minimum atomic E-state index is -0.570. The molecule has 29 heavy (non-hydrogen) atoms. The van der Waals surface area contributed by atoms with E-state index in [9.17, 15) is 14.4 Å². The summed E-state index contributed by atoms with van der Waals surface area (Å²) in [5.41, 5.74) is 3.66. The van der Waals surface area contributed by atoms with Gasteiger partial charge in [-0.25, -0.2) is 9.80 Å². The van der Waals surface area contributed by atoms with Gasteiger partial charge in [-0.2, -0.15) is 5.26 Å². The molecule has 0 atom stereocenters. The fraction of sp³-hybridized carbons (Fsp3) is 0.143. The highest BCUT2D eigenvalue weighted by Crippen LogP contribution is 2.25. The normalized spacial score (nSPS) is 14.5. The van der Waals surface area contributed by atoms with Gasteiger partial charge in [0.15, 0.2) is 6.61 Å². The Morgan fingerprint density at radius 1 is 1.17 bits per heavy atom. The zero-order chi connectivity index (χ0) is 20.8. The fourth-order valence-electron chi connectivity index (χ4n) is 2.70. The first-order valence-corrected chi connectivity index (χ1v) is 8.78. The maximum atomic E-state index is 12.8. The zero-order valence-corrected chi connectivity index (χ0v) is 15.5. The number of para-hydroxylation sites is 1. The van der Waals surface area contributed by atoms with Gasteiger partial charge in [-0.15, -0.1) is 0 Å². The Kier molecular flexibility index (Phi) is 5.90. The number of nitrogens with zero attached hydrogens (tertiary/aromatic N) is 2. The number of amides is 2. The standard InChI is InChI=1S/C21H17N3O5/c1-2-28-21(27)14-7-9-16(10-8-14)24-20(26)17(19(25)23-24)13-15-5-3-4-6-18(15)29-12-11-22/h3-10,13H,2,12H2,1H3,(H,23,25). The topological polar surface area (TPSA) is 109 Å². The average Bonchev–Trinajstić information content (AvgIpc) is 3.01. The van der Waals surface area contributed by atoms with E-state index < -0.39 is 17.8 Å². The maximum Gasteiger partial charge on any atom is 0.338 e. The van der Waals surface area contributed by atoms with Crippen LogP contribution >= 0.6 is 0 Å². The molecule has 2 aromatic rings. The van der Waals surface area contributed by atoms with Crippen LogP contribution in [0.15, 0.2) is 54.1 Å². The highest BCUT2D eigenvalue weighted by Gasteiger charge is 2.34. The molecule has 0 saturated carbocycles. The second-order valence-electron chi connectivity index (χ2n) is 5.89. The van der Waals surface area contributed by atoms with Gasteiger partial charge in [-0.05, 0) is 43.3 Å². The van der Waals surface area contributed by atoms with Gasteiger partial charge in [0, 0.05) is 5.56 Å². The highest BCUT2D eigenvalue weighted by atomic mass is 16.5. The number of nitrogens with one attached hydrogen (secondary N) is 1. The van der Waals surface area contributed by atoms with Crippen LogP contribution in [0.3, 0.4) is 0 Å². The van der Waals surface area contributed by atoms with E-state index in [2.05, 4.69) is 5.43 Å². The SMILES string of the molecule is CCOC(=O)c1ccc(N2NC(=O)C(=Cc3ccccc3OCC#N)C2=O)cc1. The minimum Gasteiger partial charge on any atom is -0.478 e. The number of ether oxygens (including phenoxy) is 2. The number of anilines is 1. The Bertz CT molecular complexity index is 1020. The van der Waals surface area contributed by atoms with Crippen molar-refractivity contribution in [3.63, 3.8) is 0 Å². The molecule has 1 fully saturated rings. The van der Waals surface area contributed by atoms with Gasteiger partial charge in [0.2, 0.25) is 0 Å². The largest absolute Gasteiger partial charge is 0.478 e. The summed E-state index contributed by atoms with van der Waals surface area (Å²) in [6, 6.07) is 14.8. The molecule has 146 valence electrons. The molecule has 0 aromatic heterocycles. The summed E-state index contributed by atoms with van der Waals surface area (Å²) in [7, 11) is 0. The molecular formula is C21H17N3O5. The first-order chi connectivity index (χ1) is 14.0. The Hall–Kier alpha value is -4.12. The summed E-state index contributed by atoms with van der Waals surface area (Å²) in [5.74, 6) is -1.20. The third-order valence-corrected chi connectivity index (χ3v) is 4.04. The fourth-order valence-corrected chi connectivity index (χ4v) is 2.70. The molecule has 1 aliphatic heterocycles. The molecule has 2 amide bonds. The van der Waals surface area contributed by atoms with E-state index in [1.807, 2.05) is 6.07 Å². The number of rotatable bonds is 6. The molecule has 8 heteroatoms. The lowest BCUT2D eigenvalue weighted by Gasteiger charge is -2.14. The predicted octanol–water partition coefficient (Wildman–Crippen LogP) is 2.23. The lowest BCUT2D eigenvalue weighted by molar-refractivity contribution is -0.117. The van der Waals surface area contributed by atoms with Gasteiger partial charge in [0.05, 0.1) is 17.9 Å². The molecule has 0 spiro atoms. The van der Waals surface area contributed by atoms with Crippen molar-refractivity contribution in [1.82, 2.24) is 5.43 Å². The van der Waals surface area contributed by atoms with E-state index in [-0.39, 0.29) is 18.8 Å². The molecule has 2 aromatic carbocycles. The molecule has 0 unspecified atom stereocenters. The maximum absolute atomic E-state index is 12.8. The van der Waals surface area contributed by atoms with E-state index in [0.717, 1.165) is 5.01 Å². The van der Waals surface area contributed by atoms with Gasteiger partial charge in [-0.1, -0.05) is 18.2 Å². The molecule has 8 nitrogen and oxygen atoms in total. The van der Waals surface area contributed by atoms with E-state index in [1.54, 1.807) is 31.2 Å². The second kappa shape index (κ2) is 8.71. The van der Waals surface area contributed by atoms with Crippen molar-refractivity contribution in [2.45, 2.75) is 6.92 Å². The number of hydrazine groups is 1. The third kappa shape index (κ3) is 4.25. The second-order valence-corrected chi connectivity index (χ2v) is 5.89. The summed E-state index contributed by atoms with van der Waals surface area (Å²) in [5, 5.41) is 9.79. The highest BCUT2D eigenvalue weighted by molar-refractivity contribution is 6.31. The van der Waals surface area contributed by atoms with Gasteiger partial charge >= 0.3 is 5.97 Å². The van der Waals surface area contributed by atoms with Crippen LogP contribution < -0.4 is 15.2 Å². The minimum absolute atomic E-state index is 0.0764. The molecule has 0 bridgehead atoms. The van der Waals surface area contributed by atoms with Gasteiger partial charge in [-0.3, -0.25) is 15.0 Å². The van der Waals surface area contributed by atoms with Crippen LogP contribution in [0.2, 0.25) is 0 Å². The van der Waals surface area contributed by atoms with Gasteiger partial charge in [0.1, 0.15) is 17.4 Å². The van der Waals surface area contributed by atoms with Crippen molar-refractivity contribution in [3.05, 3.63) is 65.2 Å². The molecule has 1 saturated heterocycles. The molecular weight excluding hydrogens is 374 g/mol. The van der Waals surface area contributed by atoms with Crippen LogP contribution in [0.1, 0.15) is 22.8 Å². The third-order valence-electron chi connectivity index (χ3n) is 4.04. The van der Waals surface area contributed by atoms with E-state index in [0.29, 0.717) is 22.6 Å². The summed E-state index contributed by atoms with van der Waals surface area (Å²) in [4.78, 5) is 36.8. The van der Waals surface area contributed by atoms with Crippen molar-refractivity contribution in [1.29, 1.82) is 5.26 Å². The van der Waals surface area contributed by atoms with E-state index >= 15 is 0 Å². The lowest BCUT2D eigenvalue weighted by Crippen LogP contribution is -2.35. The number of hydrogen-bond acceptors (Lipinski definition) is 6. The first kappa shape index (κ1) is 19.6. The molecule has 0 aliphatic carbocycles. The predicted molar refractivity (Wildman–Crippen MR) is 104 cm³/mol. The van der Waals surface area contributed by atoms with Crippen LogP contribution in [0.25, 0.3) is 6.08 Å². The van der Waals surface area contributed by atoms with Crippen LogP contribution in [-0.2, 0) is 14.3 Å². The van der Waals surface area contributed by atoms with E-state index in [1.165, 1.54) is 30.3 Å². The van der Waals surface area contributed by atoms with Crippen LogP contribution in [0.4, 0.5) is 5.69 Å². The van der Waals surface area contributed by atoms with Crippen molar-refractivity contribution < 1.29 is 23.9 Å². The molecule has 3 rings (SSSR count). The quantitative estimate of drug-likeness (QED) is 0.459. The number of esters is 1. The molecule has 1 heterocycles. The Labute approximate surface area is 166 Å². The van der Waals surface area contributed by atoms with Gasteiger partial charge < -0.3 is 9.47 Å². The summed E-state index contributed by atoms with van der Waals surface area (Å²) in [6.07, 6.45) is 1.41. The van der Waals surface area contributed by atoms with Crippen molar-refractivity contribution in [2.75, 3.05) is 18.2 Å². The monoisotopic (exact) mass is 391 g/mol. The number of carbonyl (C=O) groups is 3. The zero-order valence-electron chi connectivity index (χ0n) is 15.5. The molecule has 1 N–H and O–H groups in total. The van der Waals surface area contributed by atoms with Crippen LogP contribution in [0, 0.1) is 11.3 Å². The lowest BCUT2D eigenvalue weighted by atomic mass is 10.1.